The van der Waals surface area contributed by atoms with E-state index in [-0.39, 0.29) is 36.4 Å². The van der Waals surface area contributed by atoms with E-state index in [1.165, 1.54) is 7.11 Å². The molecule has 5 aromatic rings. The van der Waals surface area contributed by atoms with Crippen LogP contribution in [0.3, 0.4) is 0 Å². The molecule has 3 N–H and O–H groups in total. The van der Waals surface area contributed by atoms with E-state index in [9.17, 15) is 19.2 Å². The number of amides is 4. The Morgan fingerprint density at radius 3 is 2.48 bits per heavy atom. The summed E-state index contributed by atoms with van der Waals surface area (Å²) in [5.41, 5.74) is 3.77. The minimum Gasteiger partial charge on any atom is -0.496 e. The van der Waals surface area contributed by atoms with Gasteiger partial charge in [-0.05, 0) is 87.1 Å². The second kappa shape index (κ2) is 16.1. The first kappa shape index (κ1) is 37.5. The second-order valence-electron chi connectivity index (χ2n) is 16.0. The van der Waals surface area contributed by atoms with Gasteiger partial charge in [0.15, 0.2) is 5.65 Å². The molecule has 4 aliphatic rings. The molecule has 3 saturated heterocycles. The van der Waals surface area contributed by atoms with Crippen molar-refractivity contribution in [3.63, 3.8) is 0 Å². The Morgan fingerprint density at radius 1 is 0.879 bits per heavy atom. The number of hydrogen-bond acceptors (Lipinski definition) is 11. The molecule has 302 valence electrons. The van der Waals surface area contributed by atoms with Crippen LogP contribution in [0.4, 0.5) is 11.4 Å². The van der Waals surface area contributed by atoms with E-state index in [2.05, 4.69) is 46.7 Å². The average molecular weight is 789 g/mol. The molecule has 16 heteroatoms. The highest BCUT2D eigenvalue weighted by Gasteiger charge is 2.30. The van der Waals surface area contributed by atoms with E-state index in [1.54, 1.807) is 35.1 Å². The van der Waals surface area contributed by atoms with Crippen molar-refractivity contribution in [1.82, 2.24) is 39.9 Å². The average Bonchev–Trinajstić information content (AvgIpc) is 3.79. The molecule has 0 spiro atoms. The molecule has 1 aliphatic carbocycles. The molecule has 1 unspecified atom stereocenters. The molecule has 9 rings (SSSR count). The predicted molar refractivity (Wildman–Crippen MR) is 215 cm³/mol. The number of carbonyl (C=O) groups excluding carboxylic acids is 4. The maximum absolute atomic E-state index is 13.3. The van der Waals surface area contributed by atoms with Gasteiger partial charge in [-0.1, -0.05) is 0 Å². The quantitative estimate of drug-likeness (QED) is 0.154. The Bertz CT molecular complexity index is 2350. The third-order valence-electron chi connectivity index (χ3n) is 11.9. The summed E-state index contributed by atoms with van der Waals surface area (Å²) in [6, 6.07) is 12.5. The Labute approximate surface area is 335 Å². The number of anilines is 2. The lowest BCUT2D eigenvalue weighted by molar-refractivity contribution is -0.134. The Kier molecular flexibility index (Phi) is 10.4. The van der Waals surface area contributed by atoms with Gasteiger partial charge in [-0.15, -0.1) is 0 Å². The van der Waals surface area contributed by atoms with Crippen molar-refractivity contribution in [3.8, 4) is 11.5 Å². The van der Waals surface area contributed by atoms with Crippen LogP contribution >= 0.6 is 0 Å². The number of aromatic nitrogens is 5. The van der Waals surface area contributed by atoms with Gasteiger partial charge in [0.25, 0.3) is 11.8 Å². The van der Waals surface area contributed by atoms with Gasteiger partial charge in [-0.2, -0.15) is 10.2 Å². The number of piperidine rings is 3. The van der Waals surface area contributed by atoms with Crippen LogP contribution < -0.4 is 30.3 Å². The minimum atomic E-state index is -0.749. The third kappa shape index (κ3) is 8.19. The number of carbonyl (C=O) groups is 4. The smallest absolute Gasteiger partial charge is 0.276 e. The standard InChI is InChI=1S/C42H48N10O6/c1-57-36-21-30(4-5-31(36)40(54)44-32-7-9-39(53)46-41(32)55)50-17-10-26(11-18-50)23-49-15-12-29(13-16-49)52-24-28-20-35(37(22-34(28)48-52)58-25-27-2-3-27)45-42(56)33-6-8-38-43-14-19-51(38)47-33/h4-6,8,14,19-22,24,26-27,29,32H,2-3,7,9-13,15-18,23,25H2,1H3,(H,44,54)(H,45,56)(H,46,53,55). The van der Waals surface area contributed by atoms with Crippen LogP contribution in [0.15, 0.2) is 61.1 Å². The molecular formula is C42H48N10O6. The second-order valence-corrected chi connectivity index (χ2v) is 16.0. The molecule has 0 radical (unpaired) electrons. The van der Waals surface area contributed by atoms with Crippen LogP contribution in [0.5, 0.6) is 11.5 Å². The van der Waals surface area contributed by atoms with Crippen LogP contribution in [0.25, 0.3) is 16.6 Å². The number of benzene rings is 2. The summed E-state index contributed by atoms with van der Waals surface area (Å²) in [5.74, 6) is 0.687. The highest BCUT2D eigenvalue weighted by molar-refractivity contribution is 6.05. The van der Waals surface area contributed by atoms with E-state index in [1.807, 2.05) is 24.3 Å². The Morgan fingerprint density at radius 2 is 1.71 bits per heavy atom. The summed E-state index contributed by atoms with van der Waals surface area (Å²) in [6.45, 7) is 5.52. The van der Waals surface area contributed by atoms with E-state index >= 15 is 0 Å². The van der Waals surface area contributed by atoms with Gasteiger partial charge in [0.05, 0.1) is 36.5 Å². The van der Waals surface area contributed by atoms with Gasteiger partial charge in [0.2, 0.25) is 11.8 Å². The molecule has 6 heterocycles. The number of methoxy groups -OCH3 is 1. The maximum atomic E-state index is 13.3. The van der Waals surface area contributed by atoms with E-state index in [0.29, 0.717) is 46.8 Å². The number of ether oxygens (including phenoxy) is 2. The normalized spacial score (nSPS) is 19.7. The molecule has 3 aliphatic heterocycles. The van der Waals surface area contributed by atoms with E-state index < -0.39 is 17.9 Å². The van der Waals surface area contributed by atoms with Gasteiger partial charge < -0.3 is 29.9 Å². The van der Waals surface area contributed by atoms with Gasteiger partial charge in [-0.3, -0.25) is 29.2 Å². The summed E-state index contributed by atoms with van der Waals surface area (Å²) in [7, 11) is 1.54. The maximum Gasteiger partial charge on any atom is 0.276 e. The Hall–Kier alpha value is -6.03. The summed E-state index contributed by atoms with van der Waals surface area (Å²) in [5, 5.41) is 18.4. The first-order valence-electron chi connectivity index (χ1n) is 20.3. The van der Waals surface area contributed by atoms with Gasteiger partial charge in [0, 0.05) is 80.9 Å². The topological polar surface area (TPSA) is 177 Å². The SMILES string of the molecule is COc1cc(N2CCC(CN3CCC(n4cc5cc(NC(=O)c6ccc7nccn7n6)c(OCC6CC6)cc5n4)CC3)CC2)ccc1C(=O)NC1CCC(=O)NC1=O. The van der Waals surface area contributed by atoms with Crippen molar-refractivity contribution in [2.45, 2.75) is 63.5 Å². The number of rotatable bonds is 12. The van der Waals surface area contributed by atoms with Gasteiger partial charge in [-0.25, -0.2) is 9.50 Å². The van der Waals surface area contributed by atoms with Crippen molar-refractivity contribution in [2.24, 2.45) is 11.8 Å². The number of hydrogen-bond donors (Lipinski definition) is 3. The summed E-state index contributed by atoms with van der Waals surface area (Å²) >= 11 is 0. The molecule has 16 nitrogen and oxygen atoms in total. The highest BCUT2D eigenvalue weighted by atomic mass is 16.5. The number of imide groups is 1. The first-order valence-corrected chi connectivity index (χ1v) is 20.3. The molecule has 1 atom stereocenters. The third-order valence-corrected chi connectivity index (χ3v) is 11.9. The monoisotopic (exact) mass is 788 g/mol. The van der Waals surface area contributed by atoms with Crippen molar-refractivity contribution in [1.29, 1.82) is 0 Å². The molecule has 3 aromatic heterocycles. The lowest BCUT2D eigenvalue weighted by Crippen LogP contribution is -2.52. The van der Waals surface area contributed by atoms with Crippen LogP contribution in [-0.2, 0) is 9.59 Å². The number of nitrogens with one attached hydrogen (secondary N) is 3. The molecular weight excluding hydrogens is 741 g/mol. The van der Waals surface area contributed by atoms with Crippen molar-refractivity contribution >= 4 is 51.6 Å². The highest BCUT2D eigenvalue weighted by Crippen LogP contribution is 2.36. The van der Waals surface area contributed by atoms with Gasteiger partial charge in [0.1, 0.15) is 23.2 Å². The fraction of sp³-hybridized carbons (Fsp3) is 0.452. The lowest BCUT2D eigenvalue weighted by atomic mass is 9.94. The number of fused-ring (bicyclic) bond motifs is 2. The zero-order valence-electron chi connectivity index (χ0n) is 32.6. The molecule has 58 heavy (non-hydrogen) atoms. The summed E-state index contributed by atoms with van der Waals surface area (Å²) in [4.78, 5) is 59.2. The largest absolute Gasteiger partial charge is 0.496 e. The predicted octanol–water partition coefficient (Wildman–Crippen LogP) is 4.22. The number of imidazole rings is 1. The lowest BCUT2D eigenvalue weighted by Gasteiger charge is -2.38. The van der Waals surface area contributed by atoms with Crippen LogP contribution in [0.1, 0.15) is 78.3 Å². The summed E-state index contributed by atoms with van der Waals surface area (Å²) in [6.07, 6.45) is 12.4. The van der Waals surface area contributed by atoms with E-state index in [4.69, 9.17) is 14.6 Å². The van der Waals surface area contributed by atoms with Crippen molar-refractivity contribution in [3.05, 3.63) is 72.3 Å². The van der Waals surface area contributed by atoms with Crippen LogP contribution in [0, 0.1) is 11.8 Å². The fourth-order valence-electron chi connectivity index (χ4n) is 8.33. The number of nitrogens with zero attached hydrogens (tertiary/aromatic N) is 7. The minimum absolute atomic E-state index is 0.193. The molecule has 4 amide bonds. The zero-order valence-corrected chi connectivity index (χ0v) is 32.6. The summed E-state index contributed by atoms with van der Waals surface area (Å²) < 4.78 is 15.5. The van der Waals surface area contributed by atoms with E-state index in [0.717, 1.165) is 87.8 Å². The van der Waals surface area contributed by atoms with Gasteiger partial charge >= 0.3 is 0 Å². The first-order chi connectivity index (χ1) is 28.3. The number of likely N-dealkylation sites (tertiary alicyclic amines) is 1. The molecule has 1 saturated carbocycles. The van der Waals surface area contributed by atoms with Crippen LogP contribution in [-0.4, -0.2) is 105 Å². The Balaban J connectivity index is 0.783. The fourth-order valence-corrected chi connectivity index (χ4v) is 8.33. The van der Waals surface area contributed by atoms with Crippen molar-refractivity contribution < 1.29 is 28.7 Å². The molecule has 4 fully saturated rings. The van der Waals surface area contributed by atoms with Crippen LogP contribution in [0.2, 0.25) is 0 Å². The zero-order chi connectivity index (χ0) is 39.8. The molecule has 2 aromatic carbocycles. The van der Waals surface area contributed by atoms with Crippen molar-refractivity contribution in [2.75, 3.05) is 56.7 Å². The molecule has 0 bridgehead atoms.